The third kappa shape index (κ3) is 2.72. The first kappa shape index (κ1) is 15.1. The van der Waals surface area contributed by atoms with Gasteiger partial charge in [-0.15, -0.1) is 0 Å². The fraction of sp³-hybridized carbons (Fsp3) is 0. The van der Waals surface area contributed by atoms with E-state index in [1.54, 1.807) is 17.2 Å². The Morgan fingerprint density at radius 1 is 1.00 bits per heavy atom. The van der Waals surface area contributed by atoms with Crippen LogP contribution in [-0.2, 0) is 4.79 Å². The van der Waals surface area contributed by atoms with Crippen LogP contribution in [0.3, 0.4) is 0 Å². The van der Waals surface area contributed by atoms with Gasteiger partial charge in [0.05, 0.1) is 16.3 Å². The average molecular weight is 348 g/mol. The Labute approximate surface area is 149 Å². The highest BCUT2D eigenvalue weighted by molar-refractivity contribution is 8.27. The van der Waals surface area contributed by atoms with Crippen molar-refractivity contribution in [3.05, 3.63) is 77.5 Å². The minimum Gasteiger partial charge on any atom is -0.268 e. The molecular weight excluding hydrogens is 336 g/mol. The van der Waals surface area contributed by atoms with Gasteiger partial charge in [0.15, 0.2) is 4.32 Å². The van der Waals surface area contributed by atoms with E-state index in [0.717, 1.165) is 22.2 Å². The average Bonchev–Trinajstić information content (AvgIpc) is 2.89. The Morgan fingerprint density at radius 3 is 2.58 bits per heavy atom. The summed E-state index contributed by atoms with van der Waals surface area (Å²) in [6.45, 7) is 0. The third-order valence-electron chi connectivity index (χ3n) is 3.75. The van der Waals surface area contributed by atoms with Crippen molar-refractivity contribution < 1.29 is 4.79 Å². The minimum absolute atomic E-state index is 0.106. The number of anilines is 1. The van der Waals surface area contributed by atoms with Crippen molar-refractivity contribution in [3.63, 3.8) is 0 Å². The Kier molecular flexibility index (Phi) is 3.88. The number of thiocarbonyl (C=S) groups is 1. The molecule has 3 aromatic rings. The second-order valence-electron chi connectivity index (χ2n) is 5.30. The second kappa shape index (κ2) is 6.19. The molecule has 4 rings (SSSR count). The first-order chi connectivity index (χ1) is 11.7. The molecule has 0 spiro atoms. The molecule has 0 atom stereocenters. The standard InChI is InChI=1S/C19H12N2OS2/c22-18-17(12-15-7-3-4-10-20-15)24-19(23)21(18)16-9-8-13-5-1-2-6-14(13)11-16/h1-12H. The Bertz CT molecular complexity index is 983. The van der Waals surface area contributed by atoms with Gasteiger partial charge in [0, 0.05) is 6.20 Å². The van der Waals surface area contributed by atoms with Crippen LogP contribution >= 0.6 is 24.0 Å². The molecule has 2 aromatic carbocycles. The molecule has 5 heteroatoms. The van der Waals surface area contributed by atoms with Gasteiger partial charge in [0.1, 0.15) is 0 Å². The molecule has 0 saturated carbocycles. The normalized spacial score (nSPS) is 16.3. The van der Waals surface area contributed by atoms with E-state index in [1.165, 1.54) is 11.8 Å². The number of fused-ring (bicyclic) bond motifs is 1. The number of hydrogen-bond acceptors (Lipinski definition) is 4. The molecule has 1 fully saturated rings. The van der Waals surface area contributed by atoms with Crippen LogP contribution in [0, 0.1) is 0 Å². The van der Waals surface area contributed by atoms with E-state index < -0.39 is 0 Å². The highest BCUT2D eigenvalue weighted by atomic mass is 32.2. The summed E-state index contributed by atoms with van der Waals surface area (Å²) in [6.07, 6.45) is 3.48. The van der Waals surface area contributed by atoms with Crippen molar-refractivity contribution in [3.8, 4) is 0 Å². The van der Waals surface area contributed by atoms with Crippen molar-refractivity contribution in [1.82, 2.24) is 4.98 Å². The van der Waals surface area contributed by atoms with E-state index in [2.05, 4.69) is 4.98 Å². The molecule has 1 aliphatic rings. The first-order valence-electron chi connectivity index (χ1n) is 7.40. The SMILES string of the molecule is O=C1C(=Cc2ccccn2)SC(=S)N1c1ccc2ccccc2c1. The zero-order valence-electron chi connectivity index (χ0n) is 12.5. The zero-order valence-corrected chi connectivity index (χ0v) is 14.2. The van der Waals surface area contributed by atoms with E-state index in [-0.39, 0.29) is 5.91 Å². The number of benzene rings is 2. The highest BCUT2D eigenvalue weighted by Gasteiger charge is 2.33. The Balaban J connectivity index is 1.71. The molecular formula is C19H12N2OS2. The van der Waals surface area contributed by atoms with Crippen LogP contribution in [0.1, 0.15) is 5.69 Å². The van der Waals surface area contributed by atoms with Crippen molar-refractivity contribution in [2.45, 2.75) is 0 Å². The van der Waals surface area contributed by atoms with Gasteiger partial charge >= 0.3 is 0 Å². The predicted octanol–water partition coefficient (Wildman–Crippen LogP) is 4.64. The van der Waals surface area contributed by atoms with Gasteiger partial charge in [-0.1, -0.05) is 60.4 Å². The van der Waals surface area contributed by atoms with Crippen molar-refractivity contribution in [1.29, 1.82) is 0 Å². The van der Waals surface area contributed by atoms with Crippen LogP contribution in [0.4, 0.5) is 5.69 Å². The lowest BCUT2D eigenvalue weighted by molar-refractivity contribution is -0.113. The maximum absolute atomic E-state index is 12.8. The van der Waals surface area contributed by atoms with E-state index in [4.69, 9.17) is 12.2 Å². The minimum atomic E-state index is -0.106. The van der Waals surface area contributed by atoms with Gasteiger partial charge < -0.3 is 0 Å². The van der Waals surface area contributed by atoms with Crippen LogP contribution in [0.2, 0.25) is 0 Å². The number of hydrogen-bond donors (Lipinski definition) is 0. The summed E-state index contributed by atoms with van der Waals surface area (Å²) in [5, 5.41) is 2.22. The molecule has 2 heterocycles. The molecule has 0 bridgehead atoms. The molecule has 0 N–H and O–H groups in total. The molecule has 3 nitrogen and oxygen atoms in total. The largest absolute Gasteiger partial charge is 0.270 e. The number of carbonyl (C=O) groups excluding carboxylic acids is 1. The van der Waals surface area contributed by atoms with E-state index >= 15 is 0 Å². The van der Waals surface area contributed by atoms with E-state index in [9.17, 15) is 4.79 Å². The van der Waals surface area contributed by atoms with Gasteiger partial charge in [0.25, 0.3) is 5.91 Å². The molecule has 1 amide bonds. The maximum Gasteiger partial charge on any atom is 0.270 e. The molecule has 1 aromatic heterocycles. The first-order valence-corrected chi connectivity index (χ1v) is 8.63. The molecule has 0 radical (unpaired) electrons. The van der Waals surface area contributed by atoms with Crippen LogP contribution in [0.15, 0.2) is 71.8 Å². The lowest BCUT2D eigenvalue weighted by Crippen LogP contribution is -2.27. The lowest BCUT2D eigenvalue weighted by atomic mass is 10.1. The van der Waals surface area contributed by atoms with Crippen LogP contribution in [0.5, 0.6) is 0 Å². The third-order valence-corrected chi connectivity index (χ3v) is 5.05. The Hall–Kier alpha value is -2.50. The zero-order chi connectivity index (χ0) is 16.5. The maximum atomic E-state index is 12.8. The quantitative estimate of drug-likeness (QED) is 0.499. The summed E-state index contributed by atoms with van der Waals surface area (Å²) >= 11 is 6.73. The van der Waals surface area contributed by atoms with Crippen LogP contribution in [0.25, 0.3) is 16.8 Å². The van der Waals surface area contributed by atoms with Crippen molar-refractivity contribution >= 4 is 56.7 Å². The van der Waals surface area contributed by atoms with Gasteiger partial charge in [-0.3, -0.25) is 14.7 Å². The number of rotatable bonds is 2. The van der Waals surface area contributed by atoms with Gasteiger partial charge in [-0.2, -0.15) is 0 Å². The molecule has 116 valence electrons. The summed E-state index contributed by atoms with van der Waals surface area (Å²) in [5.41, 5.74) is 1.54. The Morgan fingerprint density at radius 2 is 1.79 bits per heavy atom. The summed E-state index contributed by atoms with van der Waals surface area (Å²) < 4.78 is 0.539. The van der Waals surface area contributed by atoms with E-state index in [1.807, 2.05) is 60.7 Å². The van der Waals surface area contributed by atoms with Gasteiger partial charge in [-0.05, 0) is 41.1 Å². The van der Waals surface area contributed by atoms with E-state index in [0.29, 0.717) is 9.23 Å². The van der Waals surface area contributed by atoms with Crippen molar-refractivity contribution in [2.24, 2.45) is 0 Å². The number of nitrogens with zero attached hydrogens (tertiary/aromatic N) is 2. The van der Waals surface area contributed by atoms with Gasteiger partial charge in [0.2, 0.25) is 0 Å². The number of thioether (sulfide) groups is 1. The van der Waals surface area contributed by atoms with Crippen LogP contribution < -0.4 is 4.90 Å². The molecule has 1 aliphatic heterocycles. The fourth-order valence-electron chi connectivity index (χ4n) is 2.60. The second-order valence-corrected chi connectivity index (χ2v) is 6.98. The number of amides is 1. The fourth-order valence-corrected chi connectivity index (χ4v) is 3.89. The smallest absolute Gasteiger partial charge is 0.268 e. The monoisotopic (exact) mass is 348 g/mol. The number of carbonyl (C=O) groups is 1. The summed E-state index contributed by atoms with van der Waals surface area (Å²) in [6, 6.07) is 19.6. The molecule has 0 aliphatic carbocycles. The van der Waals surface area contributed by atoms with Gasteiger partial charge in [-0.25, -0.2) is 0 Å². The summed E-state index contributed by atoms with van der Waals surface area (Å²) in [5.74, 6) is -0.106. The number of aromatic nitrogens is 1. The van der Waals surface area contributed by atoms with Crippen molar-refractivity contribution in [2.75, 3.05) is 4.90 Å². The molecule has 1 saturated heterocycles. The lowest BCUT2D eigenvalue weighted by Gasteiger charge is -2.15. The highest BCUT2D eigenvalue weighted by Crippen LogP contribution is 2.36. The topological polar surface area (TPSA) is 33.2 Å². The molecule has 0 unspecified atom stereocenters. The predicted molar refractivity (Wildman–Crippen MR) is 104 cm³/mol. The molecule has 24 heavy (non-hydrogen) atoms. The summed E-state index contributed by atoms with van der Waals surface area (Å²) in [4.78, 5) is 19.2. The number of pyridine rings is 1. The van der Waals surface area contributed by atoms with Crippen LogP contribution in [-0.4, -0.2) is 15.2 Å². The summed E-state index contributed by atoms with van der Waals surface area (Å²) in [7, 11) is 0.